The van der Waals surface area contributed by atoms with Crippen LogP contribution in [-0.2, 0) is 6.42 Å². The summed E-state index contributed by atoms with van der Waals surface area (Å²) in [7, 11) is 0. The molecule has 64 valence electrons. The summed E-state index contributed by atoms with van der Waals surface area (Å²) < 4.78 is 14.2. The lowest BCUT2D eigenvalue weighted by Crippen LogP contribution is -2.13. The van der Waals surface area contributed by atoms with E-state index in [-0.39, 0.29) is 5.82 Å². The van der Waals surface area contributed by atoms with Crippen LogP contribution in [-0.4, -0.2) is 6.54 Å². The van der Waals surface area contributed by atoms with Crippen LogP contribution >= 0.6 is 15.9 Å². The Morgan fingerprint density at radius 2 is 2.25 bits per heavy atom. The van der Waals surface area contributed by atoms with Crippen molar-refractivity contribution in [2.75, 3.05) is 11.9 Å². The molecule has 2 rings (SSSR count). The maximum atomic E-state index is 13.2. The molecule has 0 aliphatic carbocycles. The Hall–Kier alpha value is -0.570. The minimum absolute atomic E-state index is 0.145. The van der Waals surface area contributed by atoms with Crippen LogP contribution in [0, 0.1) is 5.82 Å². The fourth-order valence-corrected chi connectivity index (χ4v) is 2.04. The first-order valence-electron chi connectivity index (χ1n) is 4.00. The second-order valence-electron chi connectivity index (χ2n) is 2.91. The Labute approximate surface area is 79.1 Å². The average Bonchev–Trinajstić information content (AvgIpc) is 2.12. The summed E-state index contributed by atoms with van der Waals surface area (Å²) in [5.41, 5.74) is 1.75. The highest BCUT2D eigenvalue weighted by molar-refractivity contribution is 9.10. The average molecular weight is 230 g/mol. The molecule has 1 N–H and O–H groups in total. The molecular formula is C9H9BrFN. The molecule has 1 aliphatic rings. The first kappa shape index (κ1) is 8.05. The first-order valence-corrected chi connectivity index (χ1v) is 4.79. The van der Waals surface area contributed by atoms with Crippen molar-refractivity contribution in [2.45, 2.75) is 12.8 Å². The van der Waals surface area contributed by atoms with E-state index in [2.05, 4.69) is 21.2 Å². The van der Waals surface area contributed by atoms with E-state index in [1.165, 1.54) is 6.07 Å². The fraction of sp³-hybridized carbons (Fsp3) is 0.333. The maximum absolute atomic E-state index is 13.2. The lowest BCUT2D eigenvalue weighted by atomic mass is 10.0. The standard InChI is InChI=1S/C9H9BrFN/c10-7-3-4-8(11)9-6(7)2-1-5-12-9/h3-4,12H,1-2,5H2. The molecule has 1 heterocycles. The van der Waals surface area contributed by atoms with Gasteiger partial charge in [-0.1, -0.05) is 15.9 Å². The lowest BCUT2D eigenvalue weighted by molar-refractivity contribution is 0.622. The topological polar surface area (TPSA) is 12.0 Å². The van der Waals surface area contributed by atoms with Gasteiger partial charge in [-0.05, 0) is 30.5 Å². The monoisotopic (exact) mass is 229 g/mol. The van der Waals surface area contributed by atoms with Gasteiger partial charge >= 0.3 is 0 Å². The fourth-order valence-electron chi connectivity index (χ4n) is 1.51. The smallest absolute Gasteiger partial charge is 0.146 e. The van der Waals surface area contributed by atoms with Gasteiger partial charge < -0.3 is 5.32 Å². The molecule has 0 saturated carbocycles. The minimum atomic E-state index is -0.145. The van der Waals surface area contributed by atoms with Crippen molar-refractivity contribution in [1.29, 1.82) is 0 Å². The zero-order valence-corrected chi connectivity index (χ0v) is 8.12. The Kier molecular flexibility index (Phi) is 2.05. The van der Waals surface area contributed by atoms with Crippen LogP contribution in [0.15, 0.2) is 16.6 Å². The van der Waals surface area contributed by atoms with Gasteiger partial charge in [-0.25, -0.2) is 4.39 Å². The van der Waals surface area contributed by atoms with Gasteiger partial charge in [-0.3, -0.25) is 0 Å². The van der Waals surface area contributed by atoms with E-state index in [1.54, 1.807) is 6.07 Å². The number of halogens is 2. The van der Waals surface area contributed by atoms with E-state index in [9.17, 15) is 4.39 Å². The largest absolute Gasteiger partial charge is 0.382 e. The molecule has 0 saturated heterocycles. The zero-order chi connectivity index (χ0) is 8.55. The number of benzene rings is 1. The van der Waals surface area contributed by atoms with Crippen LogP contribution in [0.4, 0.5) is 10.1 Å². The van der Waals surface area contributed by atoms with Gasteiger partial charge in [0.25, 0.3) is 0 Å². The third kappa shape index (κ3) is 1.22. The molecule has 1 aliphatic heterocycles. The summed E-state index contributed by atoms with van der Waals surface area (Å²) in [6.07, 6.45) is 2.04. The molecule has 0 fully saturated rings. The van der Waals surface area contributed by atoms with E-state index in [0.29, 0.717) is 5.69 Å². The van der Waals surface area contributed by atoms with Crippen molar-refractivity contribution in [1.82, 2.24) is 0 Å². The Morgan fingerprint density at radius 1 is 1.42 bits per heavy atom. The van der Waals surface area contributed by atoms with Crippen LogP contribution in [0.3, 0.4) is 0 Å². The SMILES string of the molecule is Fc1ccc(Br)c2c1NCCC2. The van der Waals surface area contributed by atoms with Crippen LogP contribution in [0.25, 0.3) is 0 Å². The van der Waals surface area contributed by atoms with Gasteiger partial charge in [-0.15, -0.1) is 0 Å². The van der Waals surface area contributed by atoms with Crippen LogP contribution in [0.2, 0.25) is 0 Å². The Balaban J connectivity index is 2.57. The molecule has 0 unspecified atom stereocenters. The highest BCUT2D eigenvalue weighted by Gasteiger charge is 2.14. The van der Waals surface area contributed by atoms with E-state index in [0.717, 1.165) is 29.4 Å². The van der Waals surface area contributed by atoms with E-state index >= 15 is 0 Å². The van der Waals surface area contributed by atoms with E-state index in [4.69, 9.17) is 0 Å². The molecule has 12 heavy (non-hydrogen) atoms. The Morgan fingerprint density at radius 3 is 3.00 bits per heavy atom. The highest BCUT2D eigenvalue weighted by Crippen LogP contribution is 2.31. The van der Waals surface area contributed by atoms with Crippen LogP contribution in [0.5, 0.6) is 0 Å². The summed E-state index contributed by atoms with van der Waals surface area (Å²) in [4.78, 5) is 0. The summed E-state index contributed by atoms with van der Waals surface area (Å²) in [5, 5.41) is 3.07. The first-order chi connectivity index (χ1) is 5.79. The van der Waals surface area contributed by atoms with Crippen LogP contribution in [0.1, 0.15) is 12.0 Å². The van der Waals surface area contributed by atoms with Gasteiger partial charge in [0.2, 0.25) is 0 Å². The summed E-state index contributed by atoms with van der Waals surface area (Å²) in [6.45, 7) is 0.875. The molecular weight excluding hydrogens is 221 g/mol. The number of nitrogens with one attached hydrogen (secondary N) is 1. The van der Waals surface area contributed by atoms with Gasteiger partial charge in [0, 0.05) is 11.0 Å². The molecule has 0 radical (unpaired) electrons. The molecule has 1 aromatic carbocycles. The second-order valence-corrected chi connectivity index (χ2v) is 3.77. The molecule has 0 atom stereocenters. The number of fused-ring (bicyclic) bond motifs is 1. The van der Waals surface area contributed by atoms with Gasteiger partial charge in [0.15, 0.2) is 0 Å². The molecule has 1 aromatic rings. The zero-order valence-electron chi connectivity index (χ0n) is 6.53. The number of anilines is 1. The second kappa shape index (κ2) is 3.05. The quantitative estimate of drug-likeness (QED) is 0.722. The summed E-state index contributed by atoms with van der Waals surface area (Å²) in [6, 6.07) is 3.25. The molecule has 0 bridgehead atoms. The molecule has 3 heteroatoms. The van der Waals surface area contributed by atoms with E-state index in [1.807, 2.05) is 0 Å². The van der Waals surface area contributed by atoms with Crippen molar-refractivity contribution in [3.63, 3.8) is 0 Å². The van der Waals surface area contributed by atoms with Gasteiger partial charge in [0.05, 0.1) is 5.69 Å². The normalized spacial score (nSPS) is 15.2. The van der Waals surface area contributed by atoms with Crippen LogP contribution < -0.4 is 5.32 Å². The van der Waals surface area contributed by atoms with Crippen molar-refractivity contribution in [3.8, 4) is 0 Å². The van der Waals surface area contributed by atoms with Gasteiger partial charge in [-0.2, -0.15) is 0 Å². The third-order valence-corrected chi connectivity index (χ3v) is 2.85. The van der Waals surface area contributed by atoms with E-state index < -0.39 is 0 Å². The summed E-state index contributed by atoms with van der Waals surface area (Å²) in [5.74, 6) is -0.145. The minimum Gasteiger partial charge on any atom is -0.382 e. The molecule has 0 aromatic heterocycles. The number of hydrogen-bond acceptors (Lipinski definition) is 1. The van der Waals surface area contributed by atoms with Crippen molar-refractivity contribution >= 4 is 21.6 Å². The maximum Gasteiger partial charge on any atom is 0.146 e. The van der Waals surface area contributed by atoms with Crippen molar-refractivity contribution in [3.05, 3.63) is 28.0 Å². The third-order valence-electron chi connectivity index (χ3n) is 2.11. The highest BCUT2D eigenvalue weighted by atomic mass is 79.9. The number of rotatable bonds is 0. The number of hydrogen-bond donors (Lipinski definition) is 1. The van der Waals surface area contributed by atoms with Crippen molar-refractivity contribution < 1.29 is 4.39 Å². The molecule has 0 spiro atoms. The predicted molar refractivity (Wildman–Crippen MR) is 50.9 cm³/mol. The lowest BCUT2D eigenvalue weighted by Gasteiger charge is -2.19. The Bertz CT molecular complexity index is 281. The summed E-state index contributed by atoms with van der Waals surface area (Å²) >= 11 is 3.41. The predicted octanol–water partition coefficient (Wildman–Crippen LogP) is 2.95. The van der Waals surface area contributed by atoms with Crippen molar-refractivity contribution in [2.24, 2.45) is 0 Å². The molecule has 0 amide bonds. The molecule has 1 nitrogen and oxygen atoms in total. The van der Waals surface area contributed by atoms with Gasteiger partial charge in [0.1, 0.15) is 5.82 Å².